The molecule has 1 saturated heterocycles. The first-order valence-corrected chi connectivity index (χ1v) is 8.27. The van der Waals surface area contributed by atoms with Crippen LogP contribution in [0.4, 0.5) is 0 Å². The van der Waals surface area contributed by atoms with E-state index in [1.165, 1.54) is 12.8 Å². The number of nitrogens with one attached hydrogen (secondary N) is 1. The molecule has 1 aliphatic carbocycles. The summed E-state index contributed by atoms with van der Waals surface area (Å²) in [6.07, 6.45) is 4.24. The van der Waals surface area contributed by atoms with Crippen molar-refractivity contribution in [2.24, 2.45) is 0 Å². The van der Waals surface area contributed by atoms with Crippen molar-refractivity contribution in [2.75, 3.05) is 13.7 Å². The summed E-state index contributed by atoms with van der Waals surface area (Å²) >= 11 is 0. The Hall–Kier alpha value is -1.80. The maximum Gasteiger partial charge on any atom is 0.226 e. The Morgan fingerprint density at radius 3 is 2.91 bits per heavy atom. The molecule has 8 nitrogen and oxygen atoms in total. The van der Waals surface area contributed by atoms with Crippen LogP contribution in [0, 0.1) is 0 Å². The first-order valence-electron chi connectivity index (χ1n) is 8.27. The topological polar surface area (TPSA) is 93.0 Å². The molecule has 0 aromatic carbocycles. The quantitative estimate of drug-likeness (QED) is 0.864. The predicted octanol–water partition coefficient (Wildman–Crippen LogP) is 1.59. The monoisotopic (exact) mass is 318 g/mol. The molecule has 4 rings (SSSR count). The molecule has 1 N–H and O–H groups in total. The highest BCUT2D eigenvalue weighted by Gasteiger charge is 2.37. The Balaban J connectivity index is 1.52. The minimum Gasteiger partial charge on any atom is -0.380 e. The van der Waals surface area contributed by atoms with E-state index >= 15 is 0 Å². The summed E-state index contributed by atoms with van der Waals surface area (Å²) in [5.41, 5.74) is 0. The smallest absolute Gasteiger partial charge is 0.226 e. The van der Waals surface area contributed by atoms with E-state index in [0.29, 0.717) is 24.2 Å². The molecule has 1 aliphatic heterocycles. The van der Waals surface area contributed by atoms with Crippen molar-refractivity contribution >= 4 is 0 Å². The highest BCUT2D eigenvalue weighted by atomic mass is 16.5. The first kappa shape index (κ1) is 14.8. The largest absolute Gasteiger partial charge is 0.380 e. The lowest BCUT2D eigenvalue weighted by atomic mass is 10.2. The second-order valence-electron chi connectivity index (χ2n) is 6.35. The van der Waals surface area contributed by atoms with Gasteiger partial charge in [0.15, 0.2) is 11.6 Å². The van der Waals surface area contributed by atoms with Gasteiger partial charge in [-0.2, -0.15) is 10.1 Å². The fourth-order valence-corrected chi connectivity index (χ4v) is 3.13. The van der Waals surface area contributed by atoms with Crippen molar-refractivity contribution in [1.82, 2.24) is 30.2 Å². The van der Waals surface area contributed by atoms with Crippen molar-refractivity contribution in [2.45, 2.75) is 57.2 Å². The third kappa shape index (κ3) is 3.00. The van der Waals surface area contributed by atoms with Crippen molar-refractivity contribution in [3.63, 3.8) is 0 Å². The molecule has 3 heterocycles. The molecule has 0 spiro atoms. The summed E-state index contributed by atoms with van der Waals surface area (Å²) in [4.78, 5) is 11.4. The summed E-state index contributed by atoms with van der Waals surface area (Å²) in [6, 6.07) is 0.156. The van der Waals surface area contributed by atoms with Crippen LogP contribution in [0.3, 0.4) is 0 Å². The summed E-state index contributed by atoms with van der Waals surface area (Å²) < 4.78 is 10.8. The van der Waals surface area contributed by atoms with Crippen LogP contribution in [-0.4, -0.2) is 50.0 Å². The maximum absolute atomic E-state index is 5.56. The van der Waals surface area contributed by atoms with Gasteiger partial charge in [0, 0.05) is 26.0 Å². The van der Waals surface area contributed by atoms with Crippen molar-refractivity contribution in [1.29, 1.82) is 0 Å². The number of ether oxygens (including phenoxy) is 1. The fourth-order valence-electron chi connectivity index (χ4n) is 3.13. The second kappa shape index (κ2) is 6.01. The van der Waals surface area contributed by atoms with E-state index in [9.17, 15) is 0 Å². The van der Waals surface area contributed by atoms with Crippen LogP contribution < -0.4 is 0 Å². The summed E-state index contributed by atoms with van der Waals surface area (Å²) in [5.74, 6) is 3.82. The van der Waals surface area contributed by atoms with Gasteiger partial charge in [-0.05, 0) is 19.3 Å². The molecular formula is C15H22N6O2. The molecule has 124 valence electrons. The standard InChI is InChI=1S/C15H22N6O2/c1-3-13-16-12(20-23-13)8-21-7-10(22-2)6-11(21)15-17-14(18-19-15)9-4-5-9/h9-11H,3-8H2,1-2H3,(H,17,18,19)/t10-,11+/m1/s1. The molecule has 23 heavy (non-hydrogen) atoms. The van der Waals surface area contributed by atoms with Gasteiger partial charge in [-0.25, -0.2) is 4.98 Å². The van der Waals surface area contributed by atoms with Crippen molar-refractivity contribution in [3.8, 4) is 0 Å². The molecule has 0 unspecified atom stereocenters. The van der Waals surface area contributed by atoms with Gasteiger partial charge in [-0.3, -0.25) is 10.00 Å². The van der Waals surface area contributed by atoms with Crippen LogP contribution in [0.15, 0.2) is 4.52 Å². The lowest BCUT2D eigenvalue weighted by Gasteiger charge is -2.20. The molecular weight excluding hydrogens is 296 g/mol. The lowest BCUT2D eigenvalue weighted by molar-refractivity contribution is 0.106. The molecule has 2 aliphatic rings. The van der Waals surface area contributed by atoms with E-state index in [2.05, 4.69) is 25.2 Å². The maximum atomic E-state index is 5.56. The average molecular weight is 318 g/mol. The molecule has 0 bridgehead atoms. The third-order valence-electron chi connectivity index (χ3n) is 4.63. The van der Waals surface area contributed by atoms with E-state index in [1.54, 1.807) is 7.11 Å². The molecule has 1 saturated carbocycles. The number of likely N-dealkylation sites (tertiary alicyclic amines) is 1. The van der Waals surface area contributed by atoms with E-state index < -0.39 is 0 Å². The highest BCUT2D eigenvalue weighted by Crippen LogP contribution is 2.39. The predicted molar refractivity (Wildman–Crippen MR) is 80.6 cm³/mol. The SMILES string of the molecule is CCc1nc(CN2C[C@H](OC)C[C@H]2c2nc(C3CC3)n[nH]2)no1. The van der Waals surface area contributed by atoms with Crippen LogP contribution in [0.25, 0.3) is 0 Å². The summed E-state index contributed by atoms with van der Waals surface area (Å²) in [6.45, 7) is 3.47. The number of aromatic nitrogens is 5. The molecule has 2 fully saturated rings. The molecule has 8 heteroatoms. The van der Waals surface area contributed by atoms with Gasteiger partial charge in [-0.15, -0.1) is 0 Å². The minimum absolute atomic E-state index is 0.156. The summed E-state index contributed by atoms with van der Waals surface area (Å²) in [5, 5.41) is 11.6. The number of hydrogen-bond donors (Lipinski definition) is 1. The molecule has 2 aromatic rings. The molecule has 2 atom stereocenters. The Bertz CT molecular complexity index is 664. The van der Waals surface area contributed by atoms with Crippen LogP contribution >= 0.6 is 0 Å². The fraction of sp³-hybridized carbons (Fsp3) is 0.733. The van der Waals surface area contributed by atoms with Gasteiger partial charge in [0.1, 0.15) is 5.82 Å². The van der Waals surface area contributed by atoms with E-state index in [-0.39, 0.29) is 12.1 Å². The van der Waals surface area contributed by atoms with Gasteiger partial charge in [0.25, 0.3) is 0 Å². The number of hydrogen-bond acceptors (Lipinski definition) is 7. The number of aryl methyl sites for hydroxylation is 1. The highest BCUT2D eigenvalue weighted by molar-refractivity contribution is 5.09. The number of nitrogens with zero attached hydrogens (tertiary/aromatic N) is 5. The van der Waals surface area contributed by atoms with Gasteiger partial charge in [-0.1, -0.05) is 12.1 Å². The zero-order chi connectivity index (χ0) is 15.8. The zero-order valence-corrected chi connectivity index (χ0v) is 13.5. The Morgan fingerprint density at radius 2 is 2.22 bits per heavy atom. The van der Waals surface area contributed by atoms with Crippen LogP contribution in [-0.2, 0) is 17.7 Å². The number of rotatable bonds is 6. The zero-order valence-electron chi connectivity index (χ0n) is 13.5. The lowest BCUT2D eigenvalue weighted by Crippen LogP contribution is -2.26. The minimum atomic E-state index is 0.156. The normalized spacial score (nSPS) is 25.3. The van der Waals surface area contributed by atoms with Gasteiger partial charge in [0.2, 0.25) is 5.89 Å². The summed E-state index contributed by atoms with van der Waals surface area (Å²) in [7, 11) is 1.75. The Labute approximate surface area is 134 Å². The van der Waals surface area contributed by atoms with Gasteiger partial charge in [0.05, 0.1) is 18.7 Å². The van der Waals surface area contributed by atoms with Crippen LogP contribution in [0.1, 0.15) is 61.5 Å². The number of H-pyrrole nitrogens is 1. The molecule has 0 radical (unpaired) electrons. The Kier molecular flexibility index (Phi) is 3.86. The van der Waals surface area contributed by atoms with Crippen molar-refractivity contribution in [3.05, 3.63) is 23.4 Å². The Morgan fingerprint density at radius 1 is 1.35 bits per heavy atom. The van der Waals surface area contributed by atoms with Crippen molar-refractivity contribution < 1.29 is 9.26 Å². The van der Waals surface area contributed by atoms with Crippen LogP contribution in [0.5, 0.6) is 0 Å². The molecule has 0 amide bonds. The van der Waals surface area contributed by atoms with Gasteiger partial charge >= 0.3 is 0 Å². The molecule has 2 aromatic heterocycles. The van der Waals surface area contributed by atoms with Crippen LogP contribution in [0.2, 0.25) is 0 Å². The van der Waals surface area contributed by atoms with Gasteiger partial charge < -0.3 is 9.26 Å². The van der Waals surface area contributed by atoms with E-state index in [0.717, 1.165) is 31.0 Å². The second-order valence-corrected chi connectivity index (χ2v) is 6.35. The first-order chi connectivity index (χ1) is 11.3. The van der Waals surface area contributed by atoms with E-state index in [1.807, 2.05) is 6.92 Å². The third-order valence-corrected chi connectivity index (χ3v) is 4.63. The average Bonchev–Trinajstić information content (AvgIpc) is 3.01. The number of aromatic amines is 1. The van der Waals surface area contributed by atoms with E-state index in [4.69, 9.17) is 14.2 Å². The number of methoxy groups -OCH3 is 1.